The van der Waals surface area contributed by atoms with Crippen LogP contribution in [0.1, 0.15) is 31.9 Å². The summed E-state index contributed by atoms with van der Waals surface area (Å²) in [5.41, 5.74) is 3.93. The molecule has 0 bridgehead atoms. The van der Waals surface area contributed by atoms with E-state index in [9.17, 15) is 0 Å². The average molecular weight is 290 g/mol. The third-order valence-corrected chi connectivity index (χ3v) is 3.89. The van der Waals surface area contributed by atoms with E-state index in [1.165, 1.54) is 16.7 Å². The average Bonchev–Trinajstić information content (AvgIpc) is 2.95. The molecule has 0 saturated heterocycles. The van der Waals surface area contributed by atoms with E-state index in [4.69, 9.17) is 0 Å². The van der Waals surface area contributed by atoms with Gasteiger partial charge in [0.2, 0.25) is 0 Å². The highest BCUT2D eigenvalue weighted by Crippen LogP contribution is 2.32. The monoisotopic (exact) mass is 290 g/mol. The first-order valence-electron chi connectivity index (χ1n) is 7.70. The van der Waals surface area contributed by atoms with E-state index in [0.29, 0.717) is 0 Å². The van der Waals surface area contributed by atoms with E-state index in [2.05, 4.69) is 85.1 Å². The molecule has 3 aromatic rings. The topological polar surface area (TPSA) is 17.8 Å². The second kappa shape index (κ2) is 5.80. The molecule has 2 heteroatoms. The molecule has 0 atom stereocenters. The number of imidazole rings is 1. The number of nitrogens with zero attached hydrogens (tertiary/aromatic N) is 2. The molecule has 1 heterocycles. The summed E-state index contributed by atoms with van der Waals surface area (Å²) in [7, 11) is 0. The summed E-state index contributed by atoms with van der Waals surface area (Å²) in [5, 5.41) is 0. The van der Waals surface area contributed by atoms with Crippen molar-refractivity contribution in [2.24, 2.45) is 0 Å². The number of hydrogen-bond donors (Lipinski definition) is 0. The molecule has 2 aromatic carbocycles. The van der Waals surface area contributed by atoms with Crippen molar-refractivity contribution >= 4 is 0 Å². The first kappa shape index (κ1) is 14.6. The maximum absolute atomic E-state index is 4.62. The van der Waals surface area contributed by atoms with Crippen LogP contribution in [0, 0.1) is 0 Å². The lowest BCUT2D eigenvalue weighted by molar-refractivity contribution is 0.590. The van der Waals surface area contributed by atoms with Gasteiger partial charge in [-0.2, -0.15) is 0 Å². The Kier molecular flexibility index (Phi) is 3.84. The SMILES string of the molecule is CC(C)(C)c1ccccc1-c1nccn1Cc1ccccc1. The van der Waals surface area contributed by atoms with Crippen LogP contribution in [0.2, 0.25) is 0 Å². The van der Waals surface area contributed by atoms with Gasteiger partial charge in [0.15, 0.2) is 0 Å². The molecule has 0 aliphatic carbocycles. The van der Waals surface area contributed by atoms with Crippen LogP contribution in [0.15, 0.2) is 67.0 Å². The first-order valence-corrected chi connectivity index (χ1v) is 7.70. The highest BCUT2D eigenvalue weighted by Gasteiger charge is 2.20. The molecule has 0 aliphatic rings. The maximum Gasteiger partial charge on any atom is 0.140 e. The lowest BCUT2D eigenvalue weighted by atomic mass is 9.83. The summed E-state index contributed by atoms with van der Waals surface area (Å²) in [6.07, 6.45) is 3.94. The van der Waals surface area contributed by atoms with Gasteiger partial charge in [0.25, 0.3) is 0 Å². The zero-order valence-electron chi connectivity index (χ0n) is 13.5. The van der Waals surface area contributed by atoms with E-state index in [0.717, 1.165) is 12.4 Å². The highest BCUT2D eigenvalue weighted by molar-refractivity contribution is 5.62. The molecular weight excluding hydrogens is 268 g/mol. The molecule has 0 unspecified atom stereocenters. The first-order chi connectivity index (χ1) is 10.6. The molecule has 0 N–H and O–H groups in total. The Balaban J connectivity index is 2.03. The van der Waals surface area contributed by atoms with Crippen LogP contribution in [-0.2, 0) is 12.0 Å². The Morgan fingerprint density at radius 3 is 2.32 bits per heavy atom. The van der Waals surface area contributed by atoms with Crippen LogP contribution in [-0.4, -0.2) is 9.55 Å². The Morgan fingerprint density at radius 1 is 0.909 bits per heavy atom. The van der Waals surface area contributed by atoms with Crippen molar-refractivity contribution in [2.45, 2.75) is 32.7 Å². The van der Waals surface area contributed by atoms with Crippen molar-refractivity contribution in [2.75, 3.05) is 0 Å². The molecule has 0 spiro atoms. The number of aromatic nitrogens is 2. The standard InChI is InChI=1S/C20H22N2/c1-20(2,3)18-12-8-7-11-17(18)19-21-13-14-22(19)15-16-9-5-4-6-10-16/h4-14H,15H2,1-3H3. The van der Waals surface area contributed by atoms with E-state index >= 15 is 0 Å². The van der Waals surface area contributed by atoms with Gasteiger partial charge in [0.05, 0.1) is 0 Å². The summed E-state index contributed by atoms with van der Waals surface area (Å²) in [5.74, 6) is 1.04. The quantitative estimate of drug-likeness (QED) is 0.671. The molecule has 22 heavy (non-hydrogen) atoms. The van der Waals surface area contributed by atoms with Crippen LogP contribution in [0.3, 0.4) is 0 Å². The summed E-state index contributed by atoms with van der Waals surface area (Å²) in [6, 6.07) is 19.1. The molecule has 1 aromatic heterocycles. The van der Waals surface area contributed by atoms with Gasteiger partial charge < -0.3 is 4.57 Å². The lowest BCUT2D eigenvalue weighted by Crippen LogP contribution is -2.14. The van der Waals surface area contributed by atoms with Crippen molar-refractivity contribution in [1.29, 1.82) is 0 Å². The fourth-order valence-electron chi connectivity index (χ4n) is 2.79. The highest BCUT2D eigenvalue weighted by atomic mass is 15.1. The van der Waals surface area contributed by atoms with Gasteiger partial charge in [0, 0.05) is 24.5 Å². The molecular formula is C20H22N2. The Bertz CT molecular complexity index is 749. The number of benzene rings is 2. The van der Waals surface area contributed by atoms with Gasteiger partial charge in [-0.3, -0.25) is 0 Å². The van der Waals surface area contributed by atoms with Crippen LogP contribution in [0.5, 0.6) is 0 Å². The van der Waals surface area contributed by atoms with Crippen molar-refractivity contribution < 1.29 is 0 Å². The zero-order chi connectivity index (χ0) is 15.6. The Labute approximate surface area is 132 Å². The molecule has 112 valence electrons. The predicted octanol–water partition coefficient (Wildman–Crippen LogP) is 4.90. The second-order valence-corrected chi connectivity index (χ2v) is 6.66. The second-order valence-electron chi connectivity index (χ2n) is 6.66. The van der Waals surface area contributed by atoms with E-state index in [-0.39, 0.29) is 5.41 Å². The van der Waals surface area contributed by atoms with Crippen molar-refractivity contribution in [1.82, 2.24) is 9.55 Å². The molecule has 0 fully saturated rings. The molecule has 3 rings (SSSR count). The minimum atomic E-state index is 0.0973. The van der Waals surface area contributed by atoms with Crippen LogP contribution < -0.4 is 0 Å². The fraction of sp³-hybridized carbons (Fsp3) is 0.250. The van der Waals surface area contributed by atoms with E-state index < -0.39 is 0 Å². The van der Waals surface area contributed by atoms with Gasteiger partial charge >= 0.3 is 0 Å². The summed E-state index contributed by atoms with van der Waals surface area (Å²) >= 11 is 0. The molecule has 0 radical (unpaired) electrons. The van der Waals surface area contributed by atoms with E-state index in [1.54, 1.807) is 0 Å². The lowest BCUT2D eigenvalue weighted by Gasteiger charge is -2.23. The molecule has 0 amide bonds. The van der Waals surface area contributed by atoms with E-state index in [1.807, 2.05) is 12.3 Å². The van der Waals surface area contributed by atoms with Crippen LogP contribution >= 0.6 is 0 Å². The molecule has 2 nitrogen and oxygen atoms in total. The van der Waals surface area contributed by atoms with Gasteiger partial charge in [0.1, 0.15) is 5.82 Å². The molecule has 0 aliphatic heterocycles. The summed E-state index contributed by atoms with van der Waals surface area (Å²) < 4.78 is 2.22. The Morgan fingerprint density at radius 2 is 1.59 bits per heavy atom. The minimum absolute atomic E-state index is 0.0973. The van der Waals surface area contributed by atoms with Gasteiger partial charge in [-0.05, 0) is 16.5 Å². The van der Waals surface area contributed by atoms with Gasteiger partial charge in [-0.1, -0.05) is 75.4 Å². The third kappa shape index (κ3) is 2.96. The predicted molar refractivity (Wildman–Crippen MR) is 91.9 cm³/mol. The largest absolute Gasteiger partial charge is 0.327 e. The minimum Gasteiger partial charge on any atom is -0.327 e. The zero-order valence-corrected chi connectivity index (χ0v) is 13.5. The van der Waals surface area contributed by atoms with Crippen molar-refractivity contribution in [3.63, 3.8) is 0 Å². The summed E-state index contributed by atoms with van der Waals surface area (Å²) in [4.78, 5) is 4.62. The fourth-order valence-corrected chi connectivity index (χ4v) is 2.79. The maximum atomic E-state index is 4.62. The summed E-state index contributed by atoms with van der Waals surface area (Å²) in [6.45, 7) is 7.58. The molecule has 0 saturated carbocycles. The number of hydrogen-bond acceptors (Lipinski definition) is 1. The third-order valence-electron chi connectivity index (χ3n) is 3.89. The van der Waals surface area contributed by atoms with Gasteiger partial charge in [-0.15, -0.1) is 0 Å². The number of rotatable bonds is 3. The smallest absolute Gasteiger partial charge is 0.140 e. The van der Waals surface area contributed by atoms with Crippen LogP contribution in [0.4, 0.5) is 0 Å². The van der Waals surface area contributed by atoms with Crippen molar-refractivity contribution in [3.8, 4) is 11.4 Å². The van der Waals surface area contributed by atoms with Crippen LogP contribution in [0.25, 0.3) is 11.4 Å². The normalized spacial score (nSPS) is 11.6. The van der Waals surface area contributed by atoms with Gasteiger partial charge in [-0.25, -0.2) is 4.98 Å². The Hall–Kier alpha value is -2.35. The van der Waals surface area contributed by atoms with Crippen molar-refractivity contribution in [3.05, 3.63) is 78.1 Å².